The first kappa shape index (κ1) is 25.6. The molecule has 1 aliphatic heterocycles. The van der Waals surface area contributed by atoms with E-state index in [0.717, 1.165) is 11.1 Å². The lowest BCUT2D eigenvalue weighted by atomic mass is 9.95. The SMILES string of the molecule is [N-]=[N+]=N[C@H]1[C@H](OCc2ccccc2)[C@@H](COCc2ccccc2)O[CH][C@@H]1NC(=O)C(Cl)(Cl)Cl. The molecule has 2 aromatic rings. The summed E-state index contributed by atoms with van der Waals surface area (Å²) in [6.07, 6.45) is -1.35. The molecule has 1 fully saturated rings. The molecule has 1 radical (unpaired) electrons. The number of hydrogen-bond acceptors (Lipinski definition) is 5. The summed E-state index contributed by atoms with van der Waals surface area (Å²) in [7, 11) is 0. The van der Waals surface area contributed by atoms with Gasteiger partial charge in [0.05, 0.1) is 38.0 Å². The van der Waals surface area contributed by atoms with Crippen molar-refractivity contribution < 1.29 is 19.0 Å². The number of alkyl halides is 3. The zero-order chi connectivity index (χ0) is 23.7. The Labute approximate surface area is 206 Å². The number of rotatable bonds is 9. The van der Waals surface area contributed by atoms with Gasteiger partial charge in [-0.15, -0.1) is 0 Å². The van der Waals surface area contributed by atoms with Gasteiger partial charge in [-0.2, -0.15) is 0 Å². The van der Waals surface area contributed by atoms with Crippen LogP contribution in [0.1, 0.15) is 11.1 Å². The Kier molecular flexibility index (Phi) is 9.64. The van der Waals surface area contributed by atoms with Crippen LogP contribution in [-0.2, 0) is 32.2 Å². The molecule has 11 heteroatoms. The third-order valence-electron chi connectivity index (χ3n) is 4.89. The number of hydrogen-bond donors (Lipinski definition) is 1. The fourth-order valence-electron chi connectivity index (χ4n) is 3.29. The molecule has 8 nitrogen and oxygen atoms in total. The maximum Gasteiger partial charge on any atom is 0.272 e. The standard InChI is InChI=1S/C22H22Cl3N4O4/c23-22(24,25)21(30)27-17-13-32-18(14-31-11-15-7-3-1-4-8-15)20(19(17)28-29-26)33-12-16-9-5-2-6-10-16/h1-10,13,17-20H,11-12,14H2,(H,27,30)/t17-,18+,19+,20+/m0/s1. The second-order valence-electron chi connectivity index (χ2n) is 7.27. The van der Waals surface area contributed by atoms with Crippen LogP contribution in [0.2, 0.25) is 0 Å². The number of nitrogens with one attached hydrogen (secondary N) is 1. The quantitative estimate of drug-likeness (QED) is 0.224. The molecular formula is C22H22Cl3N4O4. The predicted octanol–water partition coefficient (Wildman–Crippen LogP) is 4.88. The maximum atomic E-state index is 12.2. The van der Waals surface area contributed by atoms with Crippen LogP contribution in [0.4, 0.5) is 0 Å². The highest BCUT2D eigenvalue weighted by molar-refractivity contribution is 6.76. The van der Waals surface area contributed by atoms with E-state index >= 15 is 0 Å². The second kappa shape index (κ2) is 12.4. The van der Waals surface area contributed by atoms with E-state index in [-0.39, 0.29) is 13.2 Å². The first-order valence-corrected chi connectivity index (χ1v) is 11.2. The highest BCUT2D eigenvalue weighted by Gasteiger charge is 2.44. The largest absolute Gasteiger partial charge is 0.374 e. The molecule has 1 amide bonds. The molecule has 3 rings (SSSR count). The molecule has 0 unspecified atom stereocenters. The molecule has 33 heavy (non-hydrogen) atoms. The van der Waals surface area contributed by atoms with Crippen molar-refractivity contribution in [3.8, 4) is 0 Å². The van der Waals surface area contributed by atoms with E-state index in [9.17, 15) is 10.3 Å². The minimum atomic E-state index is -2.19. The van der Waals surface area contributed by atoms with Crippen LogP contribution < -0.4 is 5.32 Å². The topological polar surface area (TPSA) is 106 Å². The molecular weight excluding hydrogens is 491 g/mol. The van der Waals surface area contributed by atoms with Crippen molar-refractivity contribution in [3.05, 3.63) is 88.8 Å². The van der Waals surface area contributed by atoms with Gasteiger partial charge in [-0.25, -0.2) is 0 Å². The van der Waals surface area contributed by atoms with Gasteiger partial charge in [0.2, 0.25) is 0 Å². The third-order valence-corrected chi connectivity index (χ3v) is 5.41. The number of azide groups is 1. The first-order chi connectivity index (χ1) is 15.9. The van der Waals surface area contributed by atoms with E-state index in [1.807, 2.05) is 60.7 Å². The molecule has 0 aliphatic carbocycles. The number of carbonyl (C=O) groups is 1. The average molecular weight is 513 g/mol. The Hall–Kier alpha value is -2.03. The third kappa shape index (κ3) is 7.76. The fourth-order valence-corrected chi connectivity index (χ4v) is 3.46. The monoisotopic (exact) mass is 511 g/mol. The molecule has 0 aromatic heterocycles. The van der Waals surface area contributed by atoms with Crippen molar-refractivity contribution in [2.45, 2.75) is 41.3 Å². The highest BCUT2D eigenvalue weighted by atomic mass is 35.6. The van der Waals surface area contributed by atoms with Gasteiger partial charge in [0.1, 0.15) is 12.7 Å². The van der Waals surface area contributed by atoms with Gasteiger partial charge in [-0.1, -0.05) is 101 Å². The molecule has 2 aromatic carbocycles. The van der Waals surface area contributed by atoms with Crippen molar-refractivity contribution in [2.75, 3.05) is 6.61 Å². The summed E-state index contributed by atoms with van der Waals surface area (Å²) in [5.74, 6) is -0.879. The van der Waals surface area contributed by atoms with E-state index < -0.39 is 34.0 Å². The van der Waals surface area contributed by atoms with Crippen LogP contribution in [-0.4, -0.2) is 40.6 Å². The van der Waals surface area contributed by atoms with Crippen molar-refractivity contribution >= 4 is 40.7 Å². The summed E-state index contributed by atoms with van der Waals surface area (Å²) >= 11 is 17.0. The zero-order valence-corrected chi connectivity index (χ0v) is 19.7. The van der Waals surface area contributed by atoms with Gasteiger partial charge < -0.3 is 19.5 Å². The molecule has 0 bridgehead atoms. The van der Waals surface area contributed by atoms with Gasteiger partial charge in [0, 0.05) is 4.91 Å². The van der Waals surface area contributed by atoms with Gasteiger partial charge in [0.15, 0.2) is 0 Å². The Morgan fingerprint density at radius 1 is 1.06 bits per heavy atom. The summed E-state index contributed by atoms with van der Waals surface area (Å²) < 4.78 is 15.6. The van der Waals surface area contributed by atoms with Crippen molar-refractivity contribution in [3.63, 3.8) is 0 Å². The molecule has 1 heterocycles. The fraction of sp³-hybridized carbons (Fsp3) is 0.364. The van der Waals surface area contributed by atoms with Gasteiger partial charge in [-0.3, -0.25) is 4.79 Å². The van der Waals surface area contributed by atoms with Crippen LogP contribution in [0.15, 0.2) is 65.8 Å². The molecule has 1 saturated heterocycles. The minimum Gasteiger partial charge on any atom is -0.374 e. The number of halogens is 3. The first-order valence-electron chi connectivity index (χ1n) is 10.1. The minimum absolute atomic E-state index is 0.160. The van der Waals surface area contributed by atoms with Crippen LogP contribution >= 0.6 is 34.8 Å². The number of carbonyl (C=O) groups excluding carboxylic acids is 1. The molecule has 1 aliphatic rings. The Bertz CT molecular complexity index is 940. The molecule has 4 atom stereocenters. The molecule has 0 spiro atoms. The molecule has 1 N–H and O–H groups in total. The van der Waals surface area contributed by atoms with Crippen molar-refractivity contribution in [2.24, 2.45) is 5.11 Å². The lowest BCUT2D eigenvalue weighted by Gasteiger charge is -2.40. The summed E-state index contributed by atoms with van der Waals surface area (Å²) in [6.45, 7) is 2.10. The predicted molar refractivity (Wildman–Crippen MR) is 125 cm³/mol. The Morgan fingerprint density at radius 2 is 1.67 bits per heavy atom. The lowest BCUT2D eigenvalue weighted by molar-refractivity contribution is -0.138. The van der Waals surface area contributed by atoms with Crippen LogP contribution in [0.3, 0.4) is 0 Å². The number of benzene rings is 2. The Balaban J connectivity index is 1.74. The summed E-state index contributed by atoms with van der Waals surface area (Å²) in [5, 5.41) is 6.38. The average Bonchev–Trinajstić information content (AvgIpc) is 2.81. The lowest BCUT2D eigenvalue weighted by Crippen LogP contribution is -2.59. The van der Waals surface area contributed by atoms with E-state index in [0.29, 0.717) is 6.61 Å². The number of amides is 1. The summed E-state index contributed by atoms with van der Waals surface area (Å²) in [4.78, 5) is 15.1. The van der Waals surface area contributed by atoms with Gasteiger partial charge >= 0.3 is 0 Å². The van der Waals surface area contributed by atoms with Crippen LogP contribution in [0.25, 0.3) is 10.4 Å². The van der Waals surface area contributed by atoms with Gasteiger partial charge in [-0.05, 0) is 16.7 Å². The Morgan fingerprint density at radius 3 is 2.24 bits per heavy atom. The van der Waals surface area contributed by atoms with Crippen molar-refractivity contribution in [1.82, 2.24) is 5.32 Å². The maximum absolute atomic E-state index is 12.2. The van der Waals surface area contributed by atoms with Gasteiger partial charge in [0.25, 0.3) is 9.70 Å². The van der Waals surface area contributed by atoms with E-state index in [1.54, 1.807) is 0 Å². The molecule has 175 valence electrons. The smallest absolute Gasteiger partial charge is 0.272 e. The second-order valence-corrected chi connectivity index (χ2v) is 9.55. The van der Waals surface area contributed by atoms with E-state index in [2.05, 4.69) is 15.3 Å². The molecule has 0 saturated carbocycles. The summed E-state index contributed by atoms with van der Waals surface area (Å²) in [6, 6.07) is 17.4. The van der Waals surface area contributed by atoms with E-state index in [4.69, 9.17) is 49.0 Å². The highest BCUT2D eigenvalue weighted by Crippen LogP contribution is 2.29. The van der Waals surface area contributed by atoms with Crippen molar-refractivity contribution in [1.29, 1.82) is 0 Å². The zero-order valence-electron chi connectivity index (χ0n) is 17.4. The summed E-state index contributed by atoms with van der Waals surface area (Å²) in [5.41, 5.74) is 11.1. The van der Waals surface area contributed by atoms with Crippen LogP contribution in [0.5, 0.6) is 0 Å². The normalized spacial score (nSPS) is 22.9. The number of ether oxygens (including phenoxy) is 3. The van der Waals surface area contributed by atoms with Crippen LogP contribution in [0, 0.1) is 6.61 Å². The van der Waals surface area contributed by atoms with E-state index in [1.165, 1.54) is 6.61 Å². The number of nitrogens with zero attached hydrogens (tertiary/aromatic N) is 3.